The van der Waals surface area contributed by atoms with E-state index in [2.05, 4.69) is 10.3 Å². The summed E-state index contributed by atoms with van der Waals surface area (Å²) in [6.07, 6.45) is 8.42. The first kappa shape index (κ1) is 16.2. The van der Waals surface area contributed by atoms with Gasteiger partial charge in [-0.05, 0) is 44.7 Å². The van der Waals surface area contributed by atoms with Crippen molar-refractivity contribution in [1.29, 1.82) is 0 Å². The lowest BCUT2D eigenvalue weighted by Gasteiger charge is -2.61. The van der Waals surface area contributed by atoms with Gasteiger partial charge in [-0.25, -0.2) is 4.79 Å². The lowest BCUT2D eigenvalue weighted by atomic mass is 9.51. The molecule has 0 saturated heterocycles. The number of hydrogen-bond acceptors (Lipinski definition) is 3. The predicted molar refractivity (Wildman–Crippen MR) is 89.0 cm³/mol. The molecule has 1 aromatic heterocycles. The van der Waals surface area contributed by atoms with Crippen LogP contribution < -0.4 is 5.32 Å². The van der Waals surface area contributed by atoms with Gasteiger partial charge in [0.1, 0.15) is 0 Å². The zero-order chi connectivity index (χ0) is 16.4. The molecule has 2 saturated carbocycles. The smallest absolute Gasteiger partial charge is 0.317 e. The van der Waals surface area contributed by atoms with Gasteiger partial charge in [-0.1, -0.05) is 12.5 Å². The van der Waals surface area contributed by atoms with Crippen molar-refractivity contribution in [2.45, 2.75) is 57.7 Å². The van der Waals surface area contributed by atoms with Gasteiger partial charge < -0.3 is 15.0 Å². The van der Waals surface area contributed by atoms with Gasteiger partial charge in [0.2, 0.25) is 0 Å². The van der Waals surface area contributed by atoms with E-state index in [0.717, 1.165) is 18.6 Å². The molecule has 2 fully saturated rings. The number of nitrogens with one attached hydrogen (secondary N) is 1. The fourth-order valence-electron chi connectivity index (χ4n) is 3.91. The molecule has 23 heavy (non-hydrogen) atoms. The van der Waals surface area contributed by atoms with Crippen LogP contribution in [0.1, 0.15) is 51.1 Å². The number of rotatable bonds is 5. The van der Waals surface area contributed by atoms with Crippen molar-refractivity contribution in [3.8, 4) is 0 Å². The topological polar surface area (TPSA) is 54.5 Å². The molecule has 0 aromatic carbocycles. The van der Waals surface area contributed by atoms with E-state index in [1.165, 1.54) is 19.3 Å². The van der Waals surface area contributed by atoms with Gasteiger partial charge in [0.05, 0.1) is 12.1 Å². The molecule has 126 valence electrons. The Morgan fingerprint density at radius 3 is 2.91 bits per heavy atom. The molecule has 3 atom stereocenters. The van der Waals surface area contributed by atoms with Crippen LogP contribution in [-0.4, -0.2) is 41.7 Å². The van der Waals surface area contributed by atoms with Gasteiger partial charge in [0.15, 0.2) is 0 Å². The Morgan fingerprint density at radius 1 is 1.57 bits per heavy atom. The normalized spacial score (nSPS) is 26.0. The molecule has 2 amide bonds. The Hall–Kier alpha value is -1.62. The van der Waals surface area contributed by atoms with Crippen LogP contribution in [0.3, 0.4) is 0 Å². The molecule has 0 unspecified atom stereocenters. The van der Waals surface area contributed by atoms with Crippen molar-refractivity contribution in [1.82, 2.24) is 15.2 Å². The zero-order valence-corrected chi connectivity index (χ0v) is 14.3. The molecule has 1 spiro atoms. The minimum Gasteiger partial charge on any atom is -0.378 e. The highest BCUT2D eigenvalue weighted by Crippen LogP contribution is 2.57. The molecule has 1 heterocycles. The molecular weight excluding hydrogens is 290 g/mol. The number of nitrogens with zero attached hydrogens (tertiary/aromatic N) is 2. The molecule has 3 rings (SSSR count). The number of ether oxygens (including phenoxy) is 1. The number of amides is 2. The Morgan fingerprint density at radius 2 is 2.35 bits per heavy atom. The van der Waals surface area contributed by atoms with E-state index in [9.17, 15) is 4.79 Å². The molecule has 0 bridgehead atoms. The van der Waals surface area contributed by atoms with Crippen LogP contribution in [0.15, 0.2) is 24.5 Å². The number of pyridine rings is 1. The molecule has 1 N–H and O–H groups in total. The summed E-state index contributed by atoms with van der Waals surface area (Å²) in [5, 5.41) is 3.23. The first-order valence-electron chi connectivity index (χ1n) is 8.63. The van der Waals surface area contributed by atoms with E-state index in [-0.39, 0.29) is 23.5 Å². The molecule has 5 heteroatoms. The second kappa shape index (κ2) is 6.48. The van der Waals surface area contributed by atoms with Crippen LogP contribution in [-0.2, 0) is 4.74 Å². The molecule has 2 aliphatic rings. The number of carbonyl (C=O) groups excluding carboxylic acids is 1. The maximum atomic E-state index is 12.6. The highest BCUT2D eigenvalue weighted by Gasteiger charge is 2.59. The highest BCUT2D eigenvalue weighted by molar-refractivity contribution is 5.75. The van der Waals surface area contributed by atoms with Crippen LogP contribution in [0.25, 0.3) is 0 Å². The Bertz CT molecular complexity index is 544. The minimum atomic E-state index is -0.00687. The second-order valence-corrected chi connectivity index (χ2v) is 6.84. The van der Waals surface area contributed by atoms with Crippen LogP contribution in [0.5, 0.6) is 0 Å². The van der Waals surface area contributed by atoms with Crippen molar-refractivity contribution in [3.05, 3.63) is 30.1 Å². The highest BCUT2D eigenvalue weighted by atomic mass is 16.5. The average Bonchev–Trinajstić information content (AvgIpc) is 2.51. The number of urea groups is 1. The third kappa shape index (κ3) is 2.82. The number of aromatic nitrogens is 1. The maximum absolute atomic E-state index is 12.6. The molecule has 1 aromatic rings. The molecule has 0 radical (unpaired) electrons. The summed E-state index contributed by atoms with van der Waals surface area (Å²) in [6, 6.07) is 4.16. The predicted octanol–water partition coefficient (Wildman–Crippen LogP) is 3.13. The Labute approximate surface area is 138 Å². The molecule has 5 nitrogen and oxygen atoms in total. The molecule has 0 aliphatic heterocycles. The third-order valence-electron chi connectivity index (χ3n) is 5.80. The van der Waals surface area contributed by atoms with Crippen LogP contribution in [0, 0.1) is 5.41 Å². The standard InChI is InChI=1S/C18H27N3O2/c1-4-23-16-11-15(18(16)8-6-9-18)20-17(22)21(3)13(2)14-7-5-10-19-12-14/h5,7,10,12-13,15-16H,4,6,8-9,11H2,1-3H3,(H,20,22)/t13-,15-,16+/m0/s1. The van der Waals surface area contributed by atoms with Crippen LogP contribution in [0.2, 0.25) is 0 Å². The second-order valence-electron chi connectivity index (χ2n) is 6.84. The Balaban J connectivity index is 1.59. The van der Waals surface area contributed by atoms with E-state index in [1.54, 1.807) is 11.1 Å². The minimum absolute atomic E-state index is 0.00352. The van der Waals surface area contributed by atoms with Crippen LogP contribution >= 0.6 is 0 Å². The fraction of sp³-hybridized carbons (Fsp3) is 0.667. The van der Waals surface area contributed by atoms with Crippen molar-refractivity contribution in [2.75, 3.05) is 13.7 Å². The van der Waals surface area contributed by atoms with Gasteiger partial charge >= 0.3 is 6.03 Å². The largest absolute Gasteiger partial charge is 0.378 e. The lowest BCUT2D eigenvalue weighted by molar-refractivity contribution is -0.169. The van der Waals surface area contributed by atoms with E-state index in [4.69, 9.17) is 4.74 Å². The number of hydrogen-bond donors (Lipinski definition) is 1. The van der Waals surface area contributed by atoms with Crippen molar-refractivity contribution < 1.29 is 9.53 Å². The van der Waals surface area contributed by atoms with E-state index >= 15 is 0 Å². The molecular formula is C18H27N3O2. The summed E-state index contributed by atoms with van der Waals surface area (Å²) in [6.45, 7) is 4.83. The molecule has 2 aliphatic carbocycles. The van der Waals surface area contributed by atoms with Gasteiger partial charge in [0.25, 0.3) is 0 Å². The summed E-state index contributed by atoms with van der Waals surface area (Å²) in [4.78, 5) is 18.5. The summed E-state index contributed by atoms with van der Waals surface area (Å²) in [5.74, 6) is 0. The van der Waals surface area contributed by atoms with E-state index in [1.807, 2.05) is 39.2 Å². The maximum Gasteiger partial charge on any atom is 0.317 e. The Kier molecular flexibility index (Phi) is 4.57. The first-order valence-corrected chi connectivity index (χ1v) is 8.63. The summed E-state index contributed by atoms with van der Waals surface area (Å²) in [5.41, 5.74) is 1.24. The van der Waals surface area contributed by atoms with Crippen molar-refractivity contribution in [3.63, 3.8) is 0 Å². The monoisotopic (exact) mass is 317 g/mol. The SMILES string of the molecule is CCO[C@@H]1C[C@H](NC(=O)N(C)[C@@H](C)c2cccnc2)C12CCC2. The summed E-state index contributed by atoms with van der Waals surface area (Å²) < 4.78 is 5.85. The summed E-state index contributed by atoms with van der Waals surface area (Å²) in [7, 11) is 1.85. The van der Waals surface area contributed by atoms with E-state index < -0.39 is 0 Å². The zero-order valence-electron chi connectivity index (χ0n) is 14.3. The average molecular weight is 317 g/mol. The summed E-state index contributed by atoms with van der Waals surface area (Å²) >= 11 is 0. The number of carbonyl (C=O) groups is 1. The van der Waals surface area contributed by atoms with E-state index in [0.29, 0.717) is 6.10 Å². The quantitative estimate of drug-likeness (QED) is 0.908. The van der Waals surface area contributed by atoms with Crippen molar-refractivity contribution >= 4 is 6.03 Å². The van der Waals surface area contributed by atoms with Gasteiger partial charge in [0, 0.05) is 37.5 Å². The van der Waals surface area contributed by atoms with Crippen LogP contribution in [0.4, 0.5) is 4.79 Å². The van der Waals surface area contributed by atoms with Crippen molar-refractivity contribution in [2.24, 2.45) is 5.41 Å². The van der Waals surface area contributed by atoms with Gasteiger partial charge in [-0.2, -0.15) is 0 Å². The lowest BCUT2D eigenvalue weighted by Crippen LogP contribution is -2.68. The first-order chi connectivity index (χ1) is 11.1. The van der Waals surface area contributed by atoms with Gasteiger partial charge in [-0.3, -0.25) is 4.98 Å². The van der Waals surface area contributed by atoms with Gasteiger partial charge in [-0.15, -0.1) is 0 Å². The third-order valence-corrected chi connectivity index (χ3v) is 5.80. The fourth-order valence-corrected chi connectivity index (χ4v) is 3.91.